The second-order valence-corrected chi connectivity index (χ2v) is 4.42. The third-order valence-corrected chi connectivity index (χ3v) is 2.92. The maximum Gasteiger partial charge on any atom is 0.175 e. The molecule has 0 radical (unpaired) electrons. The van der Waals surface area contributed by atoms with Gasteiger partial charge in [-0.2, -0.15) is 5.26 Å². The molecule has 1 fully saturated rings. The second-order valence-electron chi connectivity index (χ2n) is 3.68. The van der Waals surface area contributed by atoms with Gasteiger partial charge in [0.05, 0.1) is 18.2 Å². The van der Waals surface area contributed by atoms with Crippen LogP contribution in [0.3, 0.4) is 0 Å². The van der Waals surface area contributed by atoms with Gasteiger partial charge in [-0.1, -0.05) is 23.2 Å². The molecule has 0 amide bonds. The number of nitrogens with zero attached hydrogens (tertiary/aromatic N) is 4. The van der Waals surface area contributed by atoms with Crippen molar-refractivity contribution >= 4 is 28.9 Å². The minimum atomic E-state index is 0.321. The highest BCUT2D eigenvalue weighted by molar-refractivity contribution is 6.33. The van der Waals surface area contributed by atoms with Gasteiger partial charge in [-0.3, -0.25) is 0 Å². The van der Waals surface area contributed by atoms with E-state index in [0.29, 0.717) is 29.3 Å². The molecule has 1 aromatic heterocycles. The molecule has 1 aliphatic rings. The van der Waals surface area contributed by atoms with Crippen LogP contribution in [-0.4, -0.2) is 22.8 Å². The normalized spacial score (nSPS) is 14.6. The van der Waals surface area contributed by atoms with E-state index in [4.69, 9.17) is 28.5 Å². The van der Waals surface area contributed by atoms with E-state index in [1.807, 2.05) is 0 Å². The van der Waals surface area contributed by atoms with E-state index in [2.05, 4.69) is 21.2 Å². The van der Waals surface area contributed by atoms with Gasteiger partial charge in [0.2, 0.25) is 0 Å². The Morgan fingerprint density at radius 3 is 2.81 bits per heavy atom. The molecule has 0 aliphatic heterocycles. The van der Waals surface area contributed by atoms with Crippen LogP contribution in [0.1, 0.15) is 19.3 Å². The quantitative estimate of drug-likeness (QED) is 0.832. The molecular weight excluding hydrogens is 247 g/mol. The molecule has 0 saturated heterocycles. The smallest absolute Gasteiger partial charge is 0.175 e. The summed E-state index contributed by atoms with van der Waals surface area (Å²) < 4.78 is 0. The van der Waals surface area contributed by atoms with Gasteiger partial charge in [-0.25, -0.2) is 0 Å². The SMILES string of the molecule is N#CCCN(c1cc(Cl)nnc1Cl)C1CC1. The van der Waals surface area contributed by atoms with E-state index >= 15 is 0 Å². The molecule has 0 unspecified atom stereocenters. The first-order valence-electron chi connectivity index (χ1n) is 5.04. The Morgan fingerprint density at radius 2 is 2.19 bits per heavy atom. The van der Waals surface area contributed by atoms with E-state index in [0.717, 1.165) is 18.5 Å². The van der Waals surface area contributed by atoms with Gasteiger partial charge in [0.15, 0.2) is 10.3 Å². The van der Waals surface area contributed by atoms with Crippen molar-refractivity contribution < 1.29 is 0 Å². The standard InChI is InChI=1S/C10H10Cl2N4/c11-9-6-8(10(12)15-14-9)16(5-1-4-13)7-2-3-7/h6-7H,1-3,5H2. The Labute approximate surface area is 104 Å². The first-order chi connectivity index (χ1) is 7.72. The maximum absolute atomic E-state index is 8.62. The van der Waals surface area contributed by atoms with Crippen molar-refractivity contribution in [2.24, 2.45) is 0 Å². The Hall–Kier alpha value is -1.05. The Balaban J connectivity index is 2.23. The highest BCUT2D eigenvalue weighted by atomic mass is 35.5. The summed E-state index contributed by atoms with van der Waals surface area (Å²) in [6, 6.07) is 4.30. The van der Waals surface area contributed by atoms with Crippen LogP contribution < -0.4 is 4.90 Å². The molecule has 84 valence electrons. The van der Waals surface area contributed by atoms with Gasteiger partial charge >= 0.3 is 0 Å². The molecule has 0 atom stereocenters. The first kappa shape index (κ1) is 11.4. The van der Waals surface area contributed by atoms with Crippen molar-refractivity contribution in [1.29, 1.82) is 5.26 Å². The van der Waals surface area contributed by atoms with E-state index < -0.39 is 0 Å². The van der Waals surface area contributed by atoms with Crippen molar-refractivity contribution in [2.75, 3.05) is 11.4 Å². The zero-order valence-electron chi connectivity index (χ0n) is 8.53. The van der Waals surface area contributed by atoms with Crippen LogP contribution in [0.4, 0.5) is 5.69 Å². The van der Waals surface area contributed by atoms with Crippen LogP contribution in [0.2, 0.25) is 10.3 Å². The molecule has 6 heteroatoms. The van der Waals surface area contributed by atoms with Crippen molar-refractivity contribution in [1.82, 2.24) is 10.2 Å². The molecule has 1 aromatic rings. The minimum absolute atomic E-state index is 0.321. The summed E-state index contributed by atoms with van der Waals surface area (Å²) >= 11 is 11.8. The Kier molecular flexibility index (Phi) is 3.47. The minimum Gasteiger partial charge on any atom is -0.365 e. The molecule has 0 N–H and O–H groups in total. The summed E-state index contributed by atoms with van der Waals surface area (Å²) in [7, 11) is 0. The summed E-state index contributed by atoms with van der Waals surface area (Å²) in [5.41, 5.74) is 0.777. The lowest BCUT2D eigenvalue weighted by molar-refractivity contribution is 0.786. The largest absolute Gasteiger partial charge is 0.365 e. The monoisotopic (exact) mass is 256 g/mol. The summed E-state index contributed by atoms with van der Waals surface area (Å²) in [4.78, 5) is 2.09. The van der Waals surface area contributed by atoms with Crippen LogP contribution >= 0.6 is 23.2 Å². The topological polar surface area (TPSA) is 52.8 Å². The van der Waals surface area contributed by atoms with Gasteiger partial charge in [0.25, 0.3) is 0 Å². The van der Waals surface area contributed by atoms with Gasteiger partial charge in [-0.15, -0.1) is 10.2 Å². The fraction of sp³-hybridized carbons (Fsp3) is 0.500. The summed E-state index contributed by atoms with van der Waals surface area (Å²) in [6.45, 7) is 0.656. The summed E-state index contributed by atoms with van der Waals surface area (Å²) in [5.74, 6) is 0. The number of hydrogen-bond donors (Lipinski definition) is 0. The molecule has 1 saturated carbocycles. The Bertz CT molecular complexity index is 425. The molecule has 4 nitrogen and oxygen atoms in total. The van der Waals surface area contributed by atoms with E-state index in [1.165, 1.54) is 0 Å². The summed E-state index contributed by atoms with van der Waals surface area (Å²) in [5, 5.41) is 16.7. The zero-order chi connectivity index (χ0) is 11.5. The average molecular weight is 257 g/mol. The number of rotatable bonds is 4. The number of anilines is 1. The third kappa shape index (κ3) is 2.55. The predicted octanol–water partition coefficient (Wildman–Crippen LogP) is 2.67. The highest BCUT2D eigenvalue weighted by Crippen LogP contribution is 2.35. The van der Waals surface area contributed by atoms with Crippen molar-refractivity contribution in [3.05, 3.63) is 16.4 Å². The summed E-state index contributed by atoms with van der Waals surface area (Å²) in [6.07, 6.45) is 2.72. The maximum atomic E-state index is 8.62. The predicted molar refractivity (Wildman–Crippen MR) is 62.7 cm³/mol. The third-order valence-electron chi connectivity index (χ3n) is 2.46. The van der Waals surface area contributed by atoms with Crippen LogP contribution in [0.5, 0.6) is 0 Å². The average Bonchev–Trinajstić information content (AvgIpc) is 3.08. The lowest BCUT2D eigenvalue weighted by Crippen LogP contribution is -2.27. The van der Waals surface area contributed by atoms with Crippen LogP contribution in [-0.2, 0) is 0 Å². The second kappa shape index (κ2) is 4.86. The van der Waals surface area contributed by atoms with Gasteiger partial charge < -0.3 is 4.90 Å². The first-order valence-corrected chi connectivity index (χ1v) is 5.80. The number of aromatic nitrogens is 2. The number of hydrogen-bond acceptors (Lipinski definition) is 4. The fourth-order valence-corrected chi connectivity index (χ4v) is 1.94. The molecule has 2 rings (SSSR count). The molecule has 16 heavy (non-hydrogen) atoms. The molecule has 0 spiro atoms. The molecule has 0 aromatic carbocycles. The van der Waals surface area contributed by atoms with Crippen LogP contribution in [0.25, 0.3) is 0 Å². The molecule has 1 heterocycles. The van der Waals surface area contributed by atoms with Crippen molar-refractivity contribution in [3.63, 3.8) is 0 Å². The van der Waals surface area contributed by atoms with Crippen molar-refractivity contribution in [2.45, 2.75) is 25.3 Å². The molecule has 1 aliphatic carbocycles. The van der Waals surface area contributed by atoms with Gasteiger partial charge in [0, 0.05) is 18.7 Å². The molecule has 0 bridgehead atoms. The van der Waals surface area contributed by atoms with E-state index in [1.54, 1.807) is 6.07 Å². The lowest BCUT2D eigenvalue weighted by atomic mass is 10.3. The van der Waals surface area contributed by atoms with Gasteiger partial charge in [-0.05, 0) is 12.8 Å². The number of nitriles is 1. The van der Waals surface area contributed by atoms with Crippen LogP contribution in [0, 0.1) is 11.3 Å². The van der Waals surface area contributed by atoms with E-state index in [9.17, 15) is 0 Å². The zero-order valence-corrected chi connectivity index (χ0v) is 10.0. The number of halogens is 2. The molecular formula is C10H10Cl2N4. The van der Waals surface area contributed by atoms with Crippen LogP contribution in [0.15, 0.2) is 6.07 Å². The van der Waals surface area contributed by atoms with Crippen molar-refractivity contribution in [3.8, 4) is 6.07 Å². The highest BCUT2D eigenvalue weighted by Gasteiger charge is 2.30. The van der Waals surface area contributed by atoms with E-state index in [-0.39, 0.29) is 0 Å². The van der Waals surface area contributed by atoms with Gasteiger partial charge in [0.1, 0.15) is 0 Å². The fourth-order valence-electron chi connectivity index (χ4n) is 1.60. The lowest BCUT2D eigenvalue weighted by Gasteiger charge is -2.23. The Morgan fingerprint density at radius 1 is 1.44 bits per heavy atom.